The average Bonchev–Trinajstić information content (AvgIpc) is 2.14. The maximum atomic E-state index is 8.86. The van der Waals surface area contributed by atoms with Crippen LogP contribution in [0.2, 0.25) is 0 Å². The minimum absolute atomic E-state index is 0.277. The van der Waals surface area contributed by atoms with Crippen molar-refractivity contribution in [2.75, 3.05) is 33.3 Å². The topological polar surface area (TPSA) is 35.5 Å². The fourth-order valence-electron chi connectivity index (χ4n) is 1.27. The van der Waals surface area contributed by atoms with E-state index in [1.165, 1.54) is 0 Å². The Morgan fingerprint density at radius 1 is 1.38 bits per heavy atom. The summed E-state index contributed by atoms with van der Waals surface area (Å²) in [5, 5.41) is 12.3. The highest BCUT2D eigenvalue weighted by Crippen LogP contribution is 1.94. The molecule has 0 aliphatic heterocycles. The lowest BCUT2D eigenvalue weighted by Gasteiger charge is -2.23. The van der Waals surface area contributed by atoms with Crippen molar-refractivity contribution in [2.45, 2.75) is 32.7 Å². The molecule has 0 radical (unpaired) electrons. The van der Waals surface area contributed by atoms with Crippen LogP contribution in [0.4, 0.5) is 0 Å². The van der Waals surface area contributed by atoms with Gasteiger partial charge in [-0.15, -0.1) is 0 Å². The van der Waals surface area contributed by atoms with Gasteiger partial charge in [-0.3, -0.25) is 0 Å². The molecule has 13 heavy (non-hydrogen) atoms. The lowest BCUT2D eigenvalue weighted by atomic mass is 10.2. The number of aliphatic hydroxyl groups is 1. The summed E-state index contributed by atoms with van der Waals surface area (Å²) in [4.78, 5) is 2.27. The molecule has 1 unspecified atom stereocenters. The number of aliphatic hydroxyl groups excluding tert-OH is 1. The molecule has 0 saturated heterocycles. The molecule has 0 heterocycles. The summed E-state index contributed by atoms with van der Waals surface area (Å²) in [5.74, 6) is 0. The van der Waals surface area contributed by atoms with Gasteiger partial charge in [0.25, 0.3) is 0 Å². The van der Waals surface area contributed by atoms with Crippen molar-refractivity contribution in [1.29, 1.82) is 0 Å². The van der Waals surface area contributed by atoms with Crippen molar-refractivity contribution < 1.29 is 5.11 Å². The van der Waals surface area contributed by atoms with E-state index in [1.54, 1.807) is 0 Å². The molecule has 0 aromatic heterocycles. The van der Waals surface area contributed by atoms with E-state index < -0.39 is 0 Å². The van der Waals surface area contributed by atoms with Gasteiger partial charge >= 0.3 is 0 Å². The number of likely N-dealkylation sites (N-methyl/N-ethyl adjacent to an activating group) is 1. The number of nitrogens with one attached hydrogen (secondary N) is 1. The molecule has 0 bridgehead atoms. The van der Waals surface area contributed by atoms with E-state index in [9.17, 15) is 0 Å². The average molecular weight is 188 g/mol. The Kier molecular flexibility index (Phi) is 8.40. The third kappa shape index (κ3) is 6.99. The molecule has 0 saturated carbocycles. The number of hydrogen-bond donors (Lipinski definition) is 2. The second-order valence-corrected chi connectivity index (χ2v) is 3.52. The standard InChI is InChI=1S/C10H24N2O/c1-4-7-11-10(6-8-13)9-12(3)5-2/h10-11,13H,4-9H2,1-3H3. The molecule has 0 amide bonds. The summed E-state index contributed by atoms with van der Waals surface area (Å²) in [6.45, 7) is 7.72. The molecule has 0 fully saturated rings. The van der Waals surface area contributed by atoms with Crippen LogP contribution in [0.5, 0.6) is 0 Å². The quantitative estimate of drug-likeness (QED) is 0.588. The summed E-state index contributed by atoms with van der Waals surface area (Å²) < 4.78 is 0. The molecule has 3 nitrogen and oxygen atoms in total. The zero-order valence-electron chi connectivity index (χ0n) is 9.21. The Hall–Kier alpha value is -0.120. The first-order valence-corrected chi connectivity index (χ1v) is 5.27. The molecule has 0 aromatic carbocycles. The van der Waals surface area contributed by atoms with Crippen molar-refractivity contribution in [3.63, 3.8) is 0 Å². The summed E-state index contributed by atoms with van der Waals surface area (Å²) >= 11 is 0. The van der Waals surface area contributed by atoms with Gasteiger partial charge in [0.15, 0.2) is 0 Å². The summed E-state index contributed by atoms with van der Waals surface area (Å²) in [7, 11) is 2.11. The van der Waals surface area contributed by atoms with Crippen LogP contribution in [0.25, 0.3) is 0 Å². The highest BCUT2D eigenvalue weighted by molar-refractivity contribution is 4.69. The van der Waals surface area contributed by atoms with Gasteiger partial charge in [0.2, 0.25) is 0 Å². The summed E-state index contributed by atoms with van der Waals surface area (Å²) in [5.41, 5.74) is 0. The Morgan fingerprint density at radius 2 is 2.08 bits per heavy atom. The minimum atomic E-state index is 0.277. The van der Waals surface area contributed by atoms with Gasteiger partial charge in [-0.25, -0.2) is 0 Å². The van der Waals surface area contributed by atoms with Gasteiger partial charge in [0.05, 0.1) is 0 Å². The van der Waals surface area contributed by atoms with Gasteiger partial charge < -0.3 is 15.3 Å². The number of nitrogens with zero attached hydrogens (tertiary/aromatic N) is 1. The molecular formula is C10H24N2O. The van der Waals surface area contributed by atoms with E-state index in [-0.39, 0.29) is 6.61 Å². The van der Waals surface area contributed by atoms with Crippen molar-refractivity contribution in [1.82, 2.24) is 10.2 Å². The normalized spacial score (nSPS) is 13.6. The van der Waals surface area contributed by atoms with E-state index in [2.05, 4.69) is 31.1 Å². The summed E-state index contributed by atoms with van der Waals surface area (Å²) in [6.07, 6.45) is 2.00. The molecule has 80 valence electrons. The van der Waals surface area contributed by atoms with Crippen LogP contribution < -0.4 is 5.32 Å². The number of rotatable bonds is 8. The van der Waals surface area contributed by atoms with Crippen LogP contribution >= 0.6 is 0 Å². The fourth-order valence-corrected chi connectivity index (χ4v) is 1.27. The highest BCUT2D eigenvalue weighted by atomic mass is 16.3. The van der Waals surface area contributed by atoms with E-state index in [0.29, 0.717) is 6.04 Å². The second kappa shape index (κ2) is 8.48. The Bertz CT molecular complexity index is 109. The van der Waals surface area contributed by atoms with Gasteiger partial charge in [-0.05, 0) is 33.0 Å². The Labute approximate surface area is 82.1 Å². The first-order valence-electron chi connectivity index (χ1n) is 5.27. The van der Waals surface area contributed by atoms with E-state index in [0.717, 1.165) is 32.5 Å². The zero-order valence-corrected chi connectivity index (χ0v) is 9.21. The smallest absolute Gasteiger partial charge is 0.0446 e. The lowest BCUT2D eigenvalue weighted by molar-refractivity contribution is 0.233. The van der Waals surface area contributed by atoms with Crippen LogP contribution in [-0.4, -0.2) is 49.3 Å². The van der Waals surface area contributed by atoms with Crippen molar-refractivity contribution in [3.05, 3.63) is 0 Å². The van der Waals surface area contributed by atoms with Gasteiger partial charge in [-0.1, -0.05) is 13.8 Å². The van der Waals surface area contributed by atoms with Crippen LogP contribution in [0.1, 0.15) is 26.7 Å². The van der Waals surface area contributed by atoms with Crippen LogP contribution in [-0.2, 0) is 0 Å². The third-order valence-corrected chi connectivity index (χ3v) is 2.23. The second-order valence-electron chi connectivity index (χ2n) is 3.52. The predicted octanol–water partition coefficient (Wildman–Crippen LogP) is 0.689. The molecule has 3 heteroatoms. The Balaban J connectivity index is 3.65. The maximum Gasteiger partial charge on any atom is 0.0446 e. The zero-order chi connectivity index (χ0) is 10.1. The van der Waals surface area contributed by atoms with Crippen molar-refractivity contribution >= 4 is 0 Å². The van der Waals surface area contributed by atoms with E-state index in [4.69, 9.17) is 5.11 Å². The molecule has 0 rings (SSSR count). The molecule has 0 aliphatic rings. The molecule has 2 N–H and O–H groups in total. The maximum absolute atomic E-state index is 8.86. The lowest BCUT2D eigenvalue weighted by Crippen LogP contribution is -2.40. The van der Waals surface area contributed by atoms with E-state index in [1.807, 2.05) is 0 Å². The first-order chi connectivity index (χ1) is 6.24. The predicted molar refractivity (Wildman–Crippen MR) is 57.0 cm³/mol. The SMILES string of the molecule is CCCNC(CCO)CN(C)CC. The van der Waals surface area contributed by atoms with Crippen LogP contribution in [0.15, 0.2) is 0 Å². The van der Waals surface area contributed by atoms with Crippen LogP contribution in [0.3, 0.4) is 0 Å². The van der Waals surface area contributed by atoms with Crippen LogP contribution in [0, 0.1) is 0 Å². The van der Waals surface area contributed by atoms with Crippen molar-refractivity contribution in [3.8, 4) is 0 Å². The molecule has 1 atom stereocenters. The van der Waals surface area contributed by atoms with Gasteiger partial charge in [0, 0.05) is 19.2 Å². The molecule has 0 aliphatic carbocycles. The fraction of sp³-hybridized carbons (Fsp3) is 1.00. The molecule has 0 aromatic rings. The van der Waals surface area contributed by atoms with Gasteiger partial charge in [-0.2, -0.15) is 0 Å². The first kappa shape index (κ1) is 12.9. The minimum Gasteiger partial charge on any atom is -0.396 e. The Morgan fingerprint density at radius 3 is 2.54 bits per heavy atom. The van der Waals surface area contributed by atoms with Crippen molar-refractivity contribution in [2.24, 2.45) is 0 Å². The summed E-state index contributed by atoms with van der Waals surface area (Å²) in [6, 6.07) is 0.440. The largest absolute Gasteiger partial charge is 0.396 e. The number of hydrogen-bond acceptors (Lipinski definition) is 3. The third-order valence-electron chi connectivity index (χ3n) is 2.23. The highest BCUT2D eigenvalue weighted by Gasteiger charge is 2.08. The van der Waals surface area contributed by atoms with Gasteiger partial charge in [0.1, 0.15) is 0 Å². The molecule has 0 spiro atoms. The van der Waals surface area contributed by atoms with E-state index >= 15 is 0 Å². The molecular weight excluding hydrogens is 164 g/mol. The monoisotopic (exact) mass is 188 g/mol.